The zero-order valence-corrected chi connectivity index (χ0v) is 12.1. The molecule has 19 heavy (non-hydrogen) atoms. The Morgan fingerprint density at radius 2 is 1.68 bits per heavy atom. The van der Waals surface area contributed by atoms with Crippen LogP contribution < -0.4 is 0 Å². The zero-order valence-electron chi connectivity index (χ0n) is 11.3. The van der Waals surface area contributed by atoms with Crippen LogP contribution in [0.5, 0.6) is 0 Å². The minimum atomic E-state index is -3.38. The average Bonchev–Trinajstić information content (AvgIpc) is 2.38. The normalized spacial score (nSPS) is 12.4. The van der Waals surface area contributed by atoms with E-state index in [9.17, 15) is 8.42 Å². The molecule has 2 aromatic rings. The summed E-state index contributed by atoms with van der Waals surface area (Å²) in [6.07, 6.45) is 3.35. The molecule has 3 nitrogen and oxygen atoms in total. The Bertz CT molecular complexity index is 671. The molecule has 0 aliphatic carbocycles. The summed E-state index contributed by atoms with van der Waals surface area (Å²) in [5.41, 5.74) is 1.51. The third-order valence-electron chi connectivity index (χ3n) is 2.96. The highest BCUT2D eigenvalue weighted by atomic mass is 32.2. The van der Waals surface area contributed by atoms with E-state index in [1.54, 1.807) is 51.4 Å². The van der Waals surface area contributed by atoms with Crippen LogP contribution in [0, 0.1) is 0 Å². The van der Waals surface area contributed by atoms with Crippen LogP contribution >= 0.6 is 0 Å². The van der Waals surface area contributed by atoms with Crippen LogP contribution in [0.2, 0.25) is 0 Å². The van der Waals surface area contributed by atoms with Gasteiger partial charge in [-0.15, -0.1) is 0 Å². The first-order valence-corrected chi connectivity index (χ1v) is 7.56. The molecule has 0 bridgehead atoms. The molecule has 0 aliphatic rings. The second-order valence-corrected chi connectivity index (χ2v) is 8.03. The molecule has 0 amide bonds. The lowest BCUT2D eigenvalue weighted by molar-refractivity contribution is 0.560. The van der Waals surface area contributed by atoms with Crippen molar-refractivity contribution in [3.05, 3.63) is 48.8 Å². The van der Waals surface area contributed by atoms with Crippen molar-refractivity contribution in [1.82, 2.24) is 4.98 Å². The van der Waals surface area contributed by atoms with Gasteiger partial charge in [-0.3, -0.25) is 4.98 Å². The molecule has 1 aromatic carbocycles. The molecule has 4 heteroatoms. The molecule has 2 rings (SSSR count). The Balaban J connectivity index is 2.69. The van der Waals surface area contributed by atoms with Crippen molar-refractivity contribution in [3.63, 3.8) is 0 Å². The quantitative estimate of drug-likeness (QED) is 0.844. The summed E-state index contributed by atoms with van der Waals surface area (Å²) in [6.45, 7) is 5.13. The lowest BCUT2D eigenvalue weighted by Gasteiger charge is -2.21. The molecule has 100 valence electrons. The number of hydrogen-bond donors (Lipinski definition) is 0. The van der Waals surface area contributed by atoms with Crippen molar-refractivity contribution in [2.24, 2.45) is 0 Å². The zero-order chi connectivity index (χ0) is 14.1. The van der Waals surface area contributed by atoms with Crippen LogP contribution in [0.4, 0.5) is 0 Å². The summed E-state index contributed by atoms with van der Waals surface area (Å²) in [6, 6.07) is 10.7. The molecule has 0 saturated carbocycles. The van der Waals surface area contributed by atoms with E-state index >= 15 is 0 Å². The van der Waals surface area contributed by atoms with Gasteiger partial charge in [0.25, 0.3) is 0 Å². The van der Waals surface area contributed by atoms with Crippen LogP contribution in [-0.4, -0.2) is 18.1 Å². The molecule has 0 radical (unpaired) electrons. The van der Waals surface area contributed by atoms with E-state index in [0.717, 1.165) is 5.56 Å². The first-order valence-electron chi connectivity index (χ1n) is 6.08. The number of rotatable bonds is 2. The predicted octanol–water partition coefficient (Wildman–Crippen LogP) is 3.32. The van der Waals surface area contributed by atoms with E-state index in [1.165, 1.54) is 0 Å². The van der Waals surface area contributed by atoms with Gasteiger partial charge in [-0.1, -0.05) is 24.3 Å². The molecule has 0 spiro atoms. The van der Waals surface area contributed by atoms with Crippen molar-refractivity contribution in [1.29, 1.82) is 0 Å². The summed E-state index contributed by atoms with van der Waals surface area (Å²) >= 11 is 0. The monoisotopic (exact) mass is 275 g/mol. The van der Waals surface area contributed by atoms with Crippen molar-refractivity contribution >= 4 is 9.84 Å². The minimum absolute atomic E-state index is 0.357. The molecule has 0 fully saturated rings. The van der Waals surface area contributed by atoms with E-state index in [1.807, 2.05) is 18.2 Å². The third kappa shape index (κ3) is 2.54. The lowest BCUT2D eigenvalue weighted by Crippen LogP contribution is -2.28. The largest absolute Gasteiger partial charge is 0.264 e. The van der Waals surface area contributed by atoms with Gasteiger partial charge in [-0.25, -0.2) is 8.42 Å². The van der Waals surface area contributed by atoms with E-state index in [0.29, 0.717) is 10.5 Å². The maximum absolute atomic E-state index is 12.6. The highest BCUT2D eigenvalue weighted by molar-refractivity contribution is 7.92. The highest BCUT2D eigenvalue weighted by Crippen LogP contribution is 2.32. The van der Waals surface area contributed by atoms with Gasteiger partial charge in [0.1, 0.15) is 0 Å². The van der Waals surface area contributed by atoms with Gasteiger partial charge < -0.3 is 0 Å². The number of sulfone groups is 1. The van der Waals surface area contributed by atoms with Gasteiger partial charge in [-0.05, 0) is 32.9 Å². The second-order valence-electron chi connectivity index (χ2n) is 5.35. The summed E-state index contributed by atoms with van der Waals surface area (Å²) in [5, 5.41) is 0. The van der Waals surface area contributed by atoms with Gasteiger partial charge in [0.05, 0.1) is 9.64 Å². The number of hydrogen-bond acceptors (Lipinski definition) is 3. The Labute approximate surface area is 114 Å². The van der Waals surface area contributed by atoms with Gasteiger partial charge in [-0.2, -0.15) is 0 Å². The second kappa shape index (κ2) is 4.78. The molecule has 0 saturated heterocycles. The van der Waals surface area contributed by atoms with Crippen molar-refractivity contribution in [2.75, 3.05) is 0 Å². The fourth-order valence-electron chi connectivity index (χ4n) is 1.79. The van der Waals surface area contributed by atoms with E-state index in [4.69, 9.17) is 0 Å². The van der Waals surface area contributed by atoms with Gasteiger partial charge in [0.15, 0.2) is 9.84 Å². The standard InChI is InChI=1S/C15H17NO2S/c1-15(2,3)19(17,18)14-9-5-4-8-13(14)12-7-6-10-16-11-12/h4-11H,1-3H3. The molecule has 0 unspecified atom stereocenters. The first-order chi connectivity index (χ1) is 8.84. The number of aromatic nitrogens is 1. The van der Waals surface area contributed by atoms with E-state index in [-0.39, 0.29) is 0 Å². The molecule has 1 heterocycles. The Morgan fingerprint density at radius 3 is 2.26 bits per heavy atom. The SMILES string of the molecule is CC(C)(C)S(=O)(=O)c1ccccc1-c1cccnc1. The smallest absolute Gasteiger partial charge is 0.183 e. The average molecular weight is 275 g/mol. The Hall–Kier alpha value is -1.68. The van der Waals surface area contributed by atoms with Crippen LogP contribution in [0.15, 0.2) is 53.7 Å². The minimum Gasteiger partial charge on any atom is -0.264 e. The van der Waals surface area contributed by atoms with E-state index in [2.05, 4.69) is 4.98 Å². The molecular formula is C15H17NO2S. The molecule has 0 atom stereocenters. The molecule has 0 aliphatic heterocycles. The number of nitrogens with zero attached hydrogens (tertiary/aromatic N) is 1. The van der Waals surface area contributed by atoms with Crippen molar-refractivity contribution in [2.45, 2.75) is 30.4 Å². The fourth-order valence-corrected chi connectivity index (χ4v) is 3.18. The first kappa shape index (κ1) is 13.7. The van der Waals surface area contributed by atoms with E-state index < -0.39 is 14.6 Å². The molecule has 0 N–H and O–H groups in total. The summed E-state index contributed by atoms with van der Waals surface area (Å²) in [5.74, 6) is 0. The lowest BCUT2D eigenvalue weighted by atomic mass is 10.1. The summed E-state index contributed by atoms with van der Waals surface area (Å²) < 4.78 is 24.4. The van der Waals surface area contributed by atoms with Crippen LogP contribution in [0.3, 0.4) is 0 Å². The molecule has 1 aromatic heterocycles. The van der Waals surface area contributed by atoms with Crippen molar-refractivity contribution in [3.8, 4) is 11.1 Å². The third-order valence-corrected chi connectivity index (χ3v) is 5.50. The van der Waals surface area contributed by atoms with Crippen LogP contribution in [-0.2, 0) is 9.84 Å². The maximum Gasteiger partial charge on any atom is 0.183 e. The number of benzene rings is 1. The molecular weight excluding hydrogens is 258 g/mol. The topological polar surface area (TPSA) is 47.0 Å². The number of pyridine rings is 1. The Kier molecular flexibility index (Phi) is 3.45. The van der Waals surface area contributed by atoms with Gasteiger partial charge >= 0.3 is 0 Å². The maximum atomic E-state index is 12.6. The summed E-state index contributed by atoms with van der Waals surface area (Å²) in [4.78, 5) is 4.41. The summed E-state index contributed by atoms with van der Waals surface area (Å²) in [7, 11) is -3.38. The van der Waals surface area contributed by atoms with Gasteiger partial charge in [0, 0.05) is 23.5 Å². The Morgan fingerprint density at radius 1 is 1.00 bits per heavy atom. The fraction of sp³-hybridized carbons (Fsp3) is 0.267. The van der Waals surface area contributed by atoms with Crippen molar-refractivity contribution < 1.29 is 8.42 Å². The van der Waals surface area contributed by atoms with Gasteiger partial charge in [0.2, 0.25) is 0 Å². The highest BCUT2D eigenvalue weighted by Gasteiger charge is 2.32. The predicted molar refractivity (Wildman–Crippen MR) is 76.6 cm³/mol. The van der Waals surface area contributed by atoms with Crippen LogP contribution in [0.25, 0.3) is 11.1 Å². The van der Waals surface area contributed by atoms with Crippen LogP contribution in [0.1, 0.15) is 20.8 Å².